The largest absolute Gasteiger partial charge is 0.444 e. The second kappa shape index (κ2) is 8.23. The molecule has 1 aromatic heterocycles. The maximum Gasteiger partial charge on any atom is 0.407 e. The first-order valence-electron chi connectivity index (χ1n) is 9.76. The van der Waals surface area contributed by atoms with Gasteiger partial charge in [0.15, 0.2) is 0 Å². The molecule has 1 aromatic carbocycles. The van der Waals surface area contributed by atoms with Crippen LogP contribution in [0.4, 0.5) is 9.18 Å². The first-order chi connectivity index (χ1) is 13.7. The molecular weight excluding hydrogens is 375 g/mol. The highest BCUT2D eigenvalue weighted by atomic mass is 19.1. The van der Waals surface area contributed by atoms with E-state index in [4.69, 9.17) is 4.74 Å². The standard InChI is InChI=1S/C21H27FN4O3/c1-20(2,3)29-19(28)23-14-21(10-6-7-11-21)25-18(27)15-12-24-26(13-15)17-9-5-4-8-16(17)22/h4-5,8-9,12-13H,6-7,10-11,14H2,1-3H3,(H,23,28)(H,25,27). The molecule has 0 spiro atoms. The Bertz CT molecular complexity index is 882. The summed E-state index contributed by atoms with van der Waals surface area (Å²) in [6.45, 7) is 5.68. The van der Waals surface area contributed by atoms with E-state index in [1.165, 1.54) is 23.1 Å². The number of carbonyl (C=O) groups is 2. The normalized spacial score (nSPS) is 15.7. The van der Waals surface area contributed by atoms with E-state index in [-0.39, 0.29) is 18.1 Å². The fourth-order valence-corrected chi connectivity index (χ4v) is 3.48. The van der Waals surface area contributed by atoms with Crippen molar-refractivity contribution in [2.24, 2.45) is 0 Å². The maximum atomic E-state index is 14.0. The lowest BCUT2D eigenvalue weighted by molar-refractivity contribution is 0.0505. The molecule has 1 saturated carbocycles. The Morgan fingerprint density at radius 1 is 1.24 bits per heavy atom. The molecule has 0 atom stereocenters. The molecule has 8 heteroatoms. The average Bonchev–Trinajstić information content (AvgIpc) is 3.29. The quantitative estimate of drug-likeness (QED) is 0.801. The zero-order valence-electron chi connectivity index (χ0n) is 17.0. The van der Waals surface area contributed by atoms with Crippen LogP contribution in [0.2, 0.25) is 0 Å². The van der Waals surface area contributed by atoms with Gasteiger partial charge in [-0.05, 0) is 45.7 Å². The molecule has 1 aliphatic rings. The fourth-order valence-electron chi connectivity index (χ4n) is 3.48. The van der Waals surface area contributed by atoms with Crippen molar-refractivity contribution < 1.29 is 18.7 Å². The first kappa shape index (κ1) is 20.8. The number of ether oxygens (including phenoxy) is 1. The van der Waals surface area contributed by atoms with Crippen LogP contribution in [0.1, 0.15) is 56.8 Å². The van der Waals surface area contributed by atoms with Crippen LogP contribution in [0.15, 0.2) is 36.7 Å². The van der Waals surface area contributed by atoms with E-state index >= 15 is 0 Å². The Kier molecular flexibility index (Phi) is 5.91. The lowest BCUT2D eigenvalue weighted by Gasteiger charge is -2.31. The van der Waals surface area contributed by atoms with Crippen molar-refractivity contribution in [1.29, 1.82) is 0 Å². The summed E-state index contributed by atoms with van der Waals surface area (Å²) >= 11 is 0. The molecule has 156 valence electrons. The van der Waals surface area contributed by atoms with Crippen molar-refractivity contribution in [3.8, 4) is 5.69 Å². The summed E-state index contributed by atoms with van der Waals surface area (Å²) in [5.74, 6) is -0.725. The molecule has 1 fully saturated rings. The molecule has 0 radical (unpaired) electrons. The van der Waals surface area contributed by atoms with Crippen LogP contribution in [0.25, 0.3) is 5.69 Å². The highest BCUT2D eigenvalue weighted by molar-refractivity contribution is 5.94. The van der Waals surface area contributed by atoms with Crippen molar-refractivity contribution in [3.63, 3.8) is 0 Å². The molecule has 29 heavy (non-hydrogen) atoms. The average molecular weight is 402 g/mol. The van der Waals surface area contributed by atoms with Gasteiger partial charge in [-0.3, -0.25) is 4.79 Å². The summed E-state index contributed by atoms with van der Waals surface area (Å²) in [4.78, 5) is 24.8. The minimum Gasteiger partial charge on any atom is -0.444 e. The van der Waals surface area contributed by atoms with Crippen LogP contribution < -0.4 is 10.6 Å². The number of alkyl carbamates (subject to hydrolysis) is 1. The third kappa shape index (κ3) is 5.34. The van der Waals surface area contributed by atoms with Crippen LogP contribution in [0, 0.1) is 5.82 Å². The molecule has 1 heterocycles. The molecule has 3 rings (SSSR count). The van der Waals surface area contributed by atoms with E-state index in [1.54, 1.807) is 39.0 Å². The number of benzene rings is 1. The first-order valence-corrected chi connectivity index (χ1v) is 9.76. The summed E-state index contributed by atoms with van der Waals surface area (Å²) in [7, 11) is 0. The van der Waals surface area contributed by atoms with Crippen LogP contribution in [0.5, 0.6) is 0 Å². The zero-order chi connectivity index (χ0) is 21.1. The molecule has 0 unspecified atom stereocenters. The van der Waals surface area contributed by atoms with Gasteiger partial charge < -0.3 is 15.4 Å². The van der Waals surface area contributed by atoms with Crippen LogP contribution >= 0.6 is 0 Å². The van der Waals surface area contributed by atoms with Crippen LogP contribution in [0.3, 0.4) is 0 Å². The van der Waals surface area contributed by atoms with Gasteiger partial charge in [0.05, 0.1) is 17.3 Å². The number of nitrogens with one attached hydrogen (secondary N) is 2. The van der Waals surface area contributed by atoms with E-state index in [0.717, 1.165) is 25.7 Å². The summed E-state index contributed by atoms with van der Waals surface area (Å²) in [6.07, 6.45) is 5.84. The van der Waals surface area contributed by atoms with Crippen LogP contribution in [-0.4, -0.2) is 39.5 Å². The lowest BCUT2D eigenvalue weighted by atomic mass is 9.97. The number of para-hydroxylation sites is 1. The second-order valence-corrected chi connectivity index (χ2v) is 8.42. The van der Waals surface area contributed by atoms with Crippen molar-refractivity contribution in [3.05, 3.63) is 48.0 Å². The number of rotatable bonds is 5. The summed E-state index contributed by atoms with van der Waals surface area (Å²) in [5, 5.41) is 9.93. The molecule has 0 saturated heterocycles. The van der Waals surface area contributed by atoms with Crippen molar-refractivity contribution in [2.45, 2.75) is 57.6 Å². The van der Waals surface area contributed by atoms with E-state index < -0.39 is 23.1 Å². The number of nitrogens with zero attached hydrogens (tertiary/aromatic N) is 2. The fraction of sp³-hybridized carbons (Fsp3) is 0.476. The van der Waals surface area contributed by atoms with E-state index in [0.29, 0.717) is 5.56 Å². The second-order valence-electron chi connectivity index (χ2n) is 8.42. The Hall–Kier alpha value is -2.90. The zero-order valence-corrected chi connectivity index (χ0v) is 17.0. The van der Waals surface area contributed by atoms with Crippen molar-refractivity contribution >= 4 is 12.0 Å². The molecule has 0 aliphatic heterocycles. The smallest absolute Gasteiger partial charge is 0.407 e. The highest BCUT2D eigenvalue weighted by Gasteiger charge is 2.36. The predicted octanol–water partition coefficient (Wildman–Crippen LogP) is 3.58. The van der Waals surface area contributed by atoms with Gasteiger partial charge in [0, 0.05) is 12.7 Å². The third-order valence-corrected chi connectivity index (χ3v) is 4.85. The van der Waals surface area contributed by atoms with E-state index in [2.05, 4.69) is 15.7 Å². The Morgan fingerprint density at radius 3 is 2.59 bits per heavy atom. The van der Waals surface area contributed by atoms with E-state index in [1.807, 2.05) is 0 Å². The van der Waals surface area contributed by atoms with Gasteiger partial charge in [-0.2, -0.15) is 5.10 Å². The molecule has 2 amide bonds. The Morgan fingerprint density at radius 2 is 1.93 bits per heavy atom. The highest BCUT2D eigenvalue weighted by Crippen LogP contribution is 2.29. The number of hydrogen-bond donors (Lipinski definition) is 2. The summed E-state index contributed by atoms with van der Waals surface area (Å²) in [5.41, 5.74) is -0.517. The number of amides is 2. The molecule has 2 N–H and O–H groups in total. The van der Waals surface area contributed by atoms with Gasteiger partial charge in [-0.15, -0.1) is 0 Å². The van der Waals surface area contributed by atoms with Gasteiger partial charge in [0.25, 0.3) is 5.91 Å². The SMILES string of the molecule is CC(C)(C)OC(=O)NCC1(NC(=O)c2cnn(-c3ccccc3F)c2)CCCC1. The Balaban J connectivity index is 1.67. The van der Waals surface area contributed by atoms with Gasteiger partial charge in [-0.1, -0.05) is 25.0 Å². The molecule has 0 bridgehead atoms. The molecule has 2 aromatic rings. The van der Waals surface area contributed by atoms with Gasteiger partial charge >= 0.3 is 6.09 Å². The van der Waals surface area contributed by atoms with Gasteiger partial charge in [0.1, 0.15) is 17.1 Å². The number of carbonyl (C=O) groups excluding carboxylic acids is 2. The Labute approximate surface area is 169 Å². The van der Waals surface area contributed by atoms with Crippen molar-refractivity contribution in [1.82, 2.24) is 20.4 Å². The lowest BCUT2D eigenvalue weighted by Crippen LogP contribution is -2.54. The van der Waals surface area contributed by atoms with Crippen LogP contribution in [-0.2, 0) is 4.74 Å². The maximum absolute atomic E-state index is 14.0. The third-order valence-electron chi connectivity index (χ3n) is 4.85. The number of halogens is 1. The topological polar surface area (TPSA) is 85.2 Å². The summed E-state index contributed by atoms with van der Waals surface area (Å²) in [6, 6.07) is 6.23. The minimum atomic E-state index is -0.586. The van der Waals surface area contributed by atoms with E-state index in [9.17, 15) is 14.0 Å². The molecule has 1 aliphatic carbocycles. The number of hydrogen-bond acceptors (Lipinski definition) is 4. The van der Waals surface area contributed by atoms with Gasteiger partial charge in [0.2, 0.25) is 0 Å². The van der Waals surface area contributed by atoms with Gasteiger partial charge in [-0.25, -0.2) is 13.9 Å². The monoisotopic (exact) mass is 402 g/mol. The predicted molar refractivity (Wildman–Crippen MR) is 106 cm³/mol. The van der Waals surface area contributed by atoms with Crippen molar-refractivity contribution in [2.75, 3.05) is 6.54 Å². The molecule has 7 nitrogen and oxygen atoms in total. The molecular formula is C21H27FN4O3. The summed E-state index contributed by atoms with van der Waals surface area (Å²) < 4.78 is 20.6. The minimum absolute atomic E-state index is 0.272. The number of aromatic nitrogens is 2.